The normalized spacial score (nSPS) is 14.0. The lowest BCUT2D eigenvalue weighted by molar-refractivity contribution is -0.137. The van der Waals surface area contributed by atoms with Gasteiger partial charge in [0, 0.05) is 48.0 Å². The van der Waals surface area contributed by atoms with Crippen molar-refractivity contribution in [1.29, 1.82) is 0 Å². The van der Waals surface area contributed by atoms with Gasteiger partial charge in [0.1, 0.15) is 17.1 Å². The molecule has 0 fully saturated rings. The number of carbonyl (C=O) groups is 1. The van der Waals surface area contributed by atoms with E-state index >= 15 is 0 Å². The molecule has 2 heterocycles. The van der Waals surface area contributed by atoms with Gasteiger partial charge in [-0.1, -0.05) is 0 Å². The van der Waals surface area contributed by atoms with Crippen molar-refractivity contribution in [3.63, 3.8) is 0 Å². The maximum atomic E-state index is 13.7. The third kappa shape index (κ3) is 6.32. The fraction of sp³-hybridized carbons (Fsp3) is 0.250. The number of aromatic nitrogens is 4. The third-order valence-corrected chi connectivity index (χ3v) is 5.10. The van der Waals surface area contributed by atoms with Crippen LogP contribution in [-0.2, 0) is 22.7 Å². The van der Waals surface area contributed by atoms with Gasteiger partial charge in [-0.05, 0) is 24.2 Å². The summed E-state index contributed by atoms with van der Waals surface area (Å²) in [7, 11) is -3.05. The molecule has 0 bridgehead atoms. The van der Waals surface area contributed by atoms with Gasteiger partial charge in [-0.2, -0.15) is 18.2 Å². The highest BCUT2D eigenvalue weighted by atomic mass is 32.2. The van der Waals surface area contributed by atoms with Gasteiger partial charge in [0.15, 0.2) is 5.82 Å². The number of nitrogens with zero attached hydrogens (tertiary/aromatic N) is 5. The van der Waals surface area contributed by atoms with Crippen LogP contribution in [0.15, 0.2) is 42.8 Å². The van der Waals surface area contributed by atoms with Crippen LogP contribution in [0.3, 0.4) is 0 Å². The van der Waals surface area contributed by atoms with Crippen molar-refractivity contribution >= 4 is 39.2 Å². The number of hydrogen-bond donors (Lipinski definition) is 3. The van der Waals surface area contributed by atoms with E-state index in [9.17, 15) is 26.4 Å². The summed E-state index contributed by atoms with van der Waals surface area (Å²) in [6.45, 7) is -3.85. The van der Waals surface area contributed by atoms with Gasteiger partial charge < -0.3 is 16.0 Å². The fourth-order valence-corrected chi connectivity index (χ4v) is 3.07. The van der Waals surface area contributed by atoms with Crippen LogP contribution in [-0.4, -0.2) is 54.5 Å². The Bertz CT molecular complexity index is 1520. The van der Waals surface area contributed by atoms with E-state index in [1.165, 1.54) is 7.05 Å². The second-order valence-electron chi connectivity index (χ2n) is 6.77. The van der Waals surface area contributed by atoms with E-state index in [1.54, 1.807) is 0 Å². The first-order valence-corrected chi connectivity index (χ1v) is 11.4. The van der Waals surface area contributed by atoms with Crippen LogP contribution in [0.25, 0.3) is 0 Å². The average molecular weight is 516 g/mol. The topological polar surface area (TPSA) is 142 Å². The van der Waals surface area contributed by atoms with E-state index < -0.39 is 58.8 Å². The van der Waals surface area contributed by atoms with Gasteiger partial charge in [-0.15, -0.1) is 0 Å². The first kappa shape index (κ1) is 19.3. The molecule has 35 heavy (non-hydrogen) atoms. The summed E-state index contributed by atoms with van der Waals surface area (Å²) in [4.78, 5) is 26.8. The second kappa shape index (κ2) is 10.1. The molecule has 0 atom stereocenters. The minimum absolute atomic E-state index is 0.0127. The number of amides is 1. The quantitative estimate of drug-likeness (QED) is 0.412. The third-order valence-electron chi connectivity index (χ3n) is 4.26. The number of carbonyl (C=O) groups excluding carboxylic acids is 1. The molecule has 1 amide bonds. The number of rotatable bonds is 8. The number of nitrogens with one attached hydrogen (secondary N) is 3. The van der Waals surface area contributed by atoms with Crippen molar-refractivity contribution in [3.05, 3.63) is 59.6 Å². The van der Waals surface area contributed by atoms with E-state index in [1.807, 2.05) is 0 Å². The van der Waals surface area contributed by atoms with Gasteiger partial charge in [0.2, 0.25) is 16.0 Å². The molecule has 0 saturated carbocycles. The zero-order chi connectivity index (χ0) is 30.0. The molecular formula is C20H21F3N8O3S. The van der Waals surface area contributed by atoms with Crippen molar-refractivity contribution in [2.75, 3.05) is 35.2 Å². The summed E-state index contributed by atoms with van der Waals surface area (Å²) in [5.41, 5.74) is -1.84. The lowest BCUT2D eigenvalue weighted by atomic mass is 10.2. The highest BCUT2D eigenvalue weighted by molar-refractivity contribution is 7.92. The van der Waals surface area contributed by atoms with Crippen LogP contribution in [0.1, 0.15) is 28.5 Å². The standard InChI is InChI=1S/C20H21F3N8O3S/c1-24-18(32)12-4-6-13(7-5-12)29-19-28-10-14(20(21,22)23)16(30-19)27-11-15-17(26-9-8-25-15)31(2)35(3,33)34/h4-10H,11H2,1-3H3,(H,24,32)(H2,27,28,29,30)/i2D3,6D,7D. The Labute approximate surface area is 205 Å². The molecular weight excluding hydrogens is 489 g/mol. The summed E-state index contributed by atoms with van der Waals surface area (Å²) in [6.07, 6.45) is -1.78. The maximum Gasteiger partial charge on any atom is 0.421 e. The van der Waals surface area contributed by atoms with Crippen LogP contribution in [0, 0.1) is 0 Å². The predicted molar refractivity (Wildman–Crippen MR) is 123 cm³/mol. The van der Waals surface area contributed by atoms with Crippen molar-refractivity contribution in [2.24, 2.45) is 0 Å². The van der Waals surface area contributed by atoms with Gasteiger partial charge in [0.25, 0.3) is 5.91 Å². The number of sulfonamides is 1. The Morgan fingerprint density at radius 3 is 2.49 bits per heavy atom. The molecule has 3 N–H and O–H groups in total. The SMILES string of the molecule is [2H]c1cc(C(=O)NC)cc([2H])c1Nc1ncc(C(F)(F)F)c(NCc2nccnc2N(C([2H])([2H])[2H])S(C)(=O)=O)n1. The molecule has 186 valence electrons. The Balaban J connectivity index is 2.00. The molecule has 1 aromatic carbocycles. The zero-order valence-corrected chi connectivity index (χ0v) is 18.9. The van der Waals surface area contributed by atoms with E-state index in [4.69, 9.17) is 6.85 Å². The molecule has 3 rings (SSSR count). The Morgan fingerprint density at radius 2 is 1.89 bits per heavy atom. The number of benzene rings is 1. The van der Waals surface area contributed by atoms with Gasteiger partial charge in [-0.25, -0.2) is 18.4 Å². The lowest BCUT2D eigenvalue weighted by Crippen LogP contribution is -2.27. The Morgan fingerprint density at radius 1 is 1.20 bits per heavy atom. The summed E-state index contributed by atoms with van der Waals surface area (Å²) >= 11 is 0. The zero-order valence-electron chi connectivity index (χ0n) is 23.1. The molecule has 0 aliphatic heterocycles. The minimum Gasteiger partial charge on any atom is -0.364 e. The number of anilines is 4. The van der Waals surface area contributed by atoms with Crippen LogP contribution >= 0.6 is 0 Å². The van der Waals surface area contributed by atoms with Gasteiger partial charge in [0.05, 0.1) is 15.5 Å². The average Bonchev–Trinajstić information content (AvgIpc) is 2.82. The Hall–Kier alpha value is -4.01. The number of halogens is 3. The highest BCUT2D eigenvalue weighted by Gasteiger charge is 2.35. The molecule has 0 radical (unpaired) electrons. The molecule has 3 aromatic rings. The predicted octanol–water partition coefficient (Wildman–Crippen LogP) is 2.40. The van der Waals surface area contributed by atoms with Gasteiger partial charge >= 0.3 is 6.18 Å². The monoisotopic (exact) mass is 515 g/mol. The lowest BCUT2D eigenvalue weighted by Gasteiger charge is -2.19. The van der Waals surface area contributed by atoms with E-state index in [2.05, 4.69) is 35.9 Å². The fourth-order valence-electron chi connectivity index (χ4n) is 2.61. The first-order valence-electron chi connectivity index (χ1n) is 12.0. The second-order valence-corrected chi connectivity index (χ2v) is 8.60. The van der Waals surface area contributed by atoms with Crippen molar-refractivity contribution in [1.82, 2.24) is 25.3 Å². The van der Waals surface area contributed by atoms with E-state index in [0.717, 1.165) is 24.5 Å². The smallest absolute Gasteiger partial charge is 0.364 e. The summed E-state index contributed by atoms with van der Waals surface area (Å²) in [5, 5.41) is 7.19. The van der Waals surface area contributed by atoms with E-state index in [-0.39, 0.29) is 33.3 Å². The minimum atomic E-state index is -4.94. The molecule has 0 aliphatic carbocycles. The van der Waals surface area contributed by atoms with E-state index in [0.29, 0.717) is 12.5 Å². The van der Waals surface area contributed by atoms with Crippen molar-refractivity contribution < 1.29 is 33.2 Å². The first-order chi connectivity index (χ1) is 18.4. The summed E-state index contributed by atoms with van der Waals surface area (Å²) in [6, 6.07) is 1.60. The van der Waals surface area contributed by atoms with Gasteiger partial charge in [-0.3, -0.25) is 14.1 Å². The Kier molecular flexibility index (Phi) is 5.57. The van der Waals surface area contributed by atoms with Crippen molar-refractivity contribution in [3.8, 4) is 0 Å². The number of hydrogen-bond acceptors (Lipinski definition) is 9. The molecule has 0 spiro atoms. The van der Waals surface area contributed by atoms with Crippen molar-refractivity contribution in [2.45, 2.75) is 12.7 Å². The molecule has 0 saturated heterocycles. The maximum absolute atomic E-state index is 13.7. The van der Waals surface area contributed by atoms with Crippen LogP contribution in [0.2, 0.25) is 0 Å². The number of alkyl halides is 3. The molecule has 0 aliphatic rings. The summed E-state index contributed by atoms with van der Waals surface area (Å²) < 4.78 is 104. The molecule has 11 nitrogen and oxygen atoms in total. The van der Waals surface area contributed by atoms with Crippen LogP contribution in [0.5, 0.6) is 0 Å². The summed E-state index contributed by atoms with van der Waals surface area (Å²) in [5.74, 6) is -2.44. The molecule has 15 heteroatoms. The van der Waals surface area contributed by atoms with Crippen LogP contribution in [0.4, 0.5) is 36.4 Å². The molecule has 2 aromatic heterocycles. The van der Waals surface area contributed by atoms with Crippen LogP contribution < -0.4 is 20.3 Å². The molecule has 0 unspecified atom stereocenters. The largest absolute Gasteiger partial charge is 0.421 e. The highest BCUT2D eigenvalue weighted by Crippen LogP contribution is 2.34.